The molecule has 1 saturated carbocycles. The molecule has 150 valence electrons. The van der Waals surface area contributed by atoms with Crippen LogP contribution in [0, 0.1) is 12.8 Å². The van der Waals surface area contributed by atoms with Crippen molar-refractivity contribution in [3.63, 3.8) is 0 Å². The molecule has 0 bridgehead atoms. The highest BCUT2D eigenvalue weighted by Gasteiger charge is 2.21. The number of hydrogen-bond acceptors (Lipinski definition) is 5. The lowest BCUT2D eigenvalue weighted by Crippen LogP contribution is -2.41. The summed E-state index contributed by atoms with van der Waals surface area (Å²) in [4.78, 5) is 13.7. The minimum Gasteiger partial charge on any atom is -0.379 e. The first-order chi connectivity index (χ1) is 12.7. The molecule has 2 heterocycles. The van der Waals surface area contributed by atoms with Crippen LogP contribution in [0.3, 0.4) is 0 Å². The second kappa shape index (κ2) is 11.3. The van der Waals surface area contributed by atoms with Crippen LogP contribution in [0.4, 0.5) is 0 Å². The van der Waals surface area contributed by atoms with E-state index < -0.39 is 0 Å². The third-order valence-electron chi connectivity index (χ3n) is 4.38. The second-order valence-corrected chi connectivity index (χ2v) is 8.91. The van der Waals surface area contributed by atoms with Crippen molar-refractivity contribution in [3.05, 3.63) is 27.4 Å². The third kappa shape index (κ3) is 7.32. The number of halogens is 1. The van der Waals surface area contributed by atoms with Gasteiger partial charge in [0, 0.05) is 44.0 Å². The number of nitrogens with zero attached hydrogens (tertiary/aromatic N) is 3. The summed E-state index contributed by atoms with van der Waals surface area (Å²) in [6.45, 7) is 5.45. The Bertz CT molecular complexity index is 727. The number of aryl methyl sites for hydroxylation is 1. The van der Waals surface area contributed by atoms with Crippen LogP contribution < -0.4 is 5.32 Å². The Kier molecular flexibility index (Phi) is 9.47. The normalized spacial score (nSPS) is 14.1. The van der Waals surface area contributed by atoms with E-state index >= 15 is 0 Å². The first-order valence-corrected chi connectivity index (χ1v) is 10.9. The van der Waals surface area contributed by atoms with Crippen molar-refractivity contribution in [3.8, 4) is 10.6 Å². The zero-order chi connectivity index (χ0) is 18.4. The molecule has 0 atom stereocenters. The molecule has 27 heavy (non-hydrogen) atoms. The Labute approximate surface area is 187 Å². The van der Waals surface area contributed by atoms with Gasteiger partial charge in [0.1, 0.15) is 0 Å². The Balaban J connectivity index is 0.00000261. The molecule has 0 aromatic carbocycles. The molecule has 0 radical (unpaired) electrons. The van der Waals surface area contributed by atoms with E-state index in [0.29, 0.717) is 0 Å². The summed E-state index contributed by atoms with van der Waals surface area (Å²) in [6, 6.07) is 4.38. The fourth-order valence-corrected chi connectivity index (χ4v) is 4.31. The number of hydrogen-bond donors (Lipinski definition) is 1. The van der Waals surface area contributed by atoms with Crippen molar-refractivity contribution in [1.29, 1.82) is 0 Å². The minimum atomic E-state index is 0. The fraction of sp³-hybridized carbons (Fsp3) is 0.579. The molecule has 5 nitrogen and oxygen atoms in total. The summed E-state index contributed by atoms with van der Waals surface area (Å²) >= 11 is 3.52. The molecule has 1 fully saturated rings. The van der Waals surface area contributed by atoms with Crippen LogP contribution in [-0.4, -0.2) is 56.2 Å². The van der Waals surface area contributed by atoms with E-state index in [0.717, 1.165) is 55.3 Å². The molecule has 0 spiro atoms. The fourth-order valence-electron chi connectivity index (χ4n) is 2.65. The Morgan fingerprint density at radius 2 is 2.22 bits per heavy atom. The number of thiazole rings is 1. The van der Waals surface area contributed by atoms with Gasteiger partial charge in [0.05, 0.1) is 22.2 Å². The molecule has 2 aromatic rings. The van der Waals surface area contributed by atoms with Gasteiger partial charge in [0.15, 0.2) is 5.96 Å². The molecule has 0 unspecified atom stereocenters. The highest BCUT2D eigenvalue weighted by atomic mass is 127. The predicted octanol–water partition coefficient (Wildman–Crippen LogP) is 4.27. The molecule has 2 aromatic heterocycles. The van der Waals surface area contributed by atoms with Crippen molar-refractivity contribution in [1.82, 2.24) is 15.2 Å². The van der Waals surface area contributed by atoms with E-state index in [1.165, 1.54) is 22.6 Å². The predicted molar refractivity (Wildman–Crippen MR) is 127 cm³/mol. The number of aromatic nitrogens is 1. The second-order valence-electron chi connectivity index (χ2n) is 6.68. The topological polar surface area (TPSA) is 49.8 Å². The summed E-state index contributed by atoms with van der Waals surface area (Å²) in [5, 5.41) is 6.69. The van der Waals surface area contributed by atoms with Gasteiger partial charge >= 0.3 is 0 Å². The summed E-state index contributed by atoms with van der Waals surface area (Å²) in [5.74, 6) is 1.74. The zero-order valence-corrected chi connectivity index (χ0v) is 20.2. The SMILES string of the molecule is CN=C(NCCc1ccc(-c2csc(C)n2)s1)N(C)CCOCC1CC1.I. The molecule has 0 aliphatic heterocycles. The van der Waals surface area contributed by atoms with Gasteiger partial charge in [-0.1, -0.05) is 0 Å². The minimum absolute atomic E-state index is 0. The molecule has 8 heteroatoms. The summed E-state index contributed by atoms with van der Waals surface area (Å²) in [7, 11) is 3.89. The van der Waals surface area contributed by atoms with Crippen LogP contribution in [-0.2, 0) is 11.2 Å². The molecular formula is C19H29IN4OS2. The molecular weight excluding hydrogens is 491 g/mol. The van der Waals surface area contributed by atoms with Gasteiger partial charge in [-0.2, -0.15) is 0 Å². The molecule has 1 aliphatic rings. The Hall–Kier alpha value is -0.710. The van der Waals surface area contributed by atoms with Crippen LogP contribution in [0.25, 0.3) is 10.6 Å². The number of ether oxygens (including phenoxy) is 1. The maximum absolute atomic E-state index is 5.72. The lowest BCUT2D eigenvalue weighted by atomic mass is 10.3. The Morgan fingerprint density at radius 1 is 1.41 bits per heavy atom. The first kappa shape index (κ1) is 22.6. The van der Waals surface area contributed by atoms with E-state index in [2.05, 4.69) is 44.8 Å². The maximum Gasteiger partial charge on any atom is 0.193 e. The van der Waals surface area contributed by atoms with Gasteiger partial charge in [-0.3, -0.25) is 4.99 Å². The van der Waals surface area contributed by atoms with E-state index in [9.17, 15) is 0 Å². The number of guanidine groups is 1. The van der Waals surface area contributed by atoms with Gasteiger partial charge in [0.25, 0.3) is 0 Å². The summed E-state index contributed by atoms with van der Waals surface area (Å²) in [6.07, 6.45) is 3.66. The molecule has 3 rings (SSSR count). The van der Waals surface area contributed by atoms with Crippen LogP contribution in [0.1, 0.15) is 22.7 Å². The zero-order valence-electron chi connectivity index (χ0n) is 16.2. The number of thiophene rings is 1. The average molecular weight is 521 g/mol. The summed E-state index contributed by atoms with van der Waals surface area (Å²) in [5.41, 5.74) is 1.10. The van der Waals surface area contributed by atoms with Crippen LogP contribution in [0.15, 0.2) is 22.5 Å². The van der Waals surface area contributed by atoms with Gasteiger partial charge in [0.2, 0.25) is 0 Å². The average Bonchev–Trinajstić information content (AvgIpc) is 3.16. The molecule has 0 saturated heterocycles. The van der Waals surface area contributed by atoms with Crippen LogP contribution >= 0.6 is 46.7 Å². The van der Waals surface area contributed by atoms with Crippen LogP contribution in [0.5, 0.6) is 0 Å². The highest BCUT2D eigenvalue weighted by molar-refractivity contribution is 14.0. The van der Waals surface area contributed by atoms with Gasteiger partial charge in [-0.25, -0.2) is 4.98 Å². The van der Waals surface area contributed by atoms with Gasteiger partial charge in [-0.15, -0.1) is 46.7 Å². The van der Waals surface area contributed by atoms with Gasteiger partial charge in [-0.05, 0) is 44.2 Å². The van der Waals surface area contributed by atoms with E-state index in [4.69, 9.17) is 4.74 Å². The van der Waals surface area contributed by atoms with Gasteiger partial charge < -0.3 is 15.0 Å². The molecule has 0 amide bonds. The van der Waals surface area contributed by atoms with Crippen molar-refractivity contribution < 1.29 is 4.74 Å². The number of likely N-dealkylation sites (N-methyl/N-ethyl adjacent to an activating group) is 1. The standard InChI is InChI=1S/C19H28N4OS2.HI/c1-14-22-17(13-25-14)18-7-6-16(26-18)8-9-21-19(20-2)23(3)10-11-24-12-15-4-5-15;/h6-7,13,15H,4-5,8-12H2,1-3H3,(H,20,21);1H. The van der Waals surface area contributed by atoms with Crippen molar-refractivity contribution in [2.24, 2.45) is 10.9 Å². The van der Waals surface area contributed by atoms with Crippen molar-refractivity contribution >= 4 is 52.6 Å². The van der Waals surface area contributed by atoms with Crippen molar-refractivity contribution in [2.45, 2.75) is 26.2 Å². The number of nitrogens with one attached hydrogen (secondary N) is 1. The smallest absolute Gasteiger partial charge is 0.193 e. The van der Waals surface area contributed by atoms with Crippen LogP contribution in [0.2, 0.25) is 0 Å². The Morgan fingerprint density at radius 3 is 2.89 bits per heavy atom. The quantitative estimate of drug-likeness (QED) is 0.232. The lowest BCUT2D eigenvalue weighted by molar-refractivity contribution is 0.115. The monoisotopic (exact) mass is 520 g/mol. The molecule has 1 aliphatic carbocycles. The third-order valence-corrected chi connectivity index (χ3v) is 6.32. The highest BCUT2D eigenvalue weighted by Crippen LogP contribution is 2.29. The summed E-state index contributed by atoms with van der Waals surface area (Å²) < 4.78 is 5.72. The number of aliphatic imine (C=N–C) groups is 1. The largest absolute Gasteiger partial charge is 0.379 e. The maximum atomic E-state index is 5.72. The van der Waals surface area contributed by atoms with E-state index in [1.807, 2.05) is 25.3 Å². The molecule has 1 N–H and O–H groups in total. The van der Waals surface area contributed by atoms with Crippen molar-refractivity contribution in [2.75, 3.05) is 40.4 Å². The number of rotatable bonds is 9. The first-order valence-electron chi connectivity index (χ1n) is 9.16. The van der Waals surface area contributed by atoms with E-state index in [-0.39, 0.29) is 24.0 Å². The lowest BCUT2D eigenvalue weighted by Gasteiger charge is -2.22. The van der Waals surface area contributed by atoms with E-state index in [1.54, 1.807) is 11.3 Å².